The Morgan fingerprint density at radius 3 is 2.54 bits per heavy atom. The maximum Gasteiger partial charge on any atom is 0.433 e. The van der Waals surface area contributed by atoms with Crippen molar-refractivity contribution in [2.45, 2.75) is 44.9 Å². The number of anilines is 1. The Labute approximate surface area is 210 Å². The number of nitrogens with zero attached hydrogens (tertiary/aromatic N) is 2. The highest BCUT2D eigenvalue weighted by molar-refractivity contribution is 9.10. The fourth-order valence-electron chi connectivity index (χ4n) is 3.69. The van der Waals surface area contributed by atoms with Gasteiger partial charge in [0.25, 0.3) is 11.8 Å². The quantitative estimate of drug-likeness (QED) is 0.426. The van der Waals surface area contributed by atoms with E-state index in [9.17, 15) is 22.8 Å². The van der Waals surface area contributed by atoms with E-state index >= 15 is 0 Å². The number of thiophene rings is 1. The lowest BCUT2D eigenvalue weighted by Crippen LogP contribution is -2.29. The van der Waals surface area contributed by atoms with Crippen molar-refractivity contribution in [1.29, 1.82) is 0 Å². The molecule has 3 aromatic rings. The molecule has 35 heavy (non-hydrogen) atoms. The number of nitrogens with two attached hydrogens (primary N) is 1. The number of nitrogens with one attached hydrogen (secondary N) is 1. The molecule has 1 aliphatic heterocycles. The Morgan fingerprint density at radius 2 is 1.94 bits per heavy atom. The summed E-state index contributed by atoms with van der Waals surface area (Å²) in [6, 6.07) is 8.27. The molecule has 1 atom stereocenters. The maximum atomic E-state index is 13.5. The zero-order chi connectivity index (χ0) is 25.7. The summed E-state index contributed by atoms with van der Waals surface area (Å²) >= 11 is 4.08. The second-order valence-electron chi connectivity index (χ2n) is 8.99. The minimum absolute atomic E-state index is 0.0214. The molecule has 1 unspecified atom stereocenters. The molecule has 0 fully saturated rings. The van der Waals surface area contributed by atoms with Crippen LogP contribution in [0.2, 0.25) is 0 Å². The van der Waals surface area contributed by atoms with E-state index in [0.717, 1.165) is 16.1 Å². The first kappa shape index (κ1) is 25.1. The van der Waals surface area contributed by atoms with Crippen molar-refractivity contribution in [2.75, 3.05) is 5.32 Å². The van der Waals surface area contributed by atoms with Crippen LogP contribution in [0.1, 0.15) is 53.7 Å². The van der Waals surface area contributed by atoms with Crippen molar-refractivity contribution in [3.63, 3.8) is 0 Å². The van der Waals surface area contributed by atoms with Gasteiger partial charge in [0, 0.05) is 21.8 Å². The average molecular weight is 569 g/mol. The zero-order valence-electron chi connectivity index (χ0n) is 18.8. The lowest BCUT2D eigenvalue weighted by atomic mass is 9.84. The molecule has 3 N–H and O–H groups in total. The maximum absolute atomic E-state index is 13.5. The molecule has 0 radical (unpaired) electrons. The van der Waals surface area contributed by atoms with Gasteiger partial charge in [-0.3, -0.25) is 9.59 Å². The standard InChI is InChI=1S/C23H20BrF3N4O3S/c1-22(2,3)12-8-15(23(25,26)27)29-21-16(12)17(18(35-21)19(28)32)30-20(33)14-9-13(31-34-14)10-5-4-6-11(24)7-10/h4-8,14H,9H2,1-3H3,(H2,28,32)(H,30,33). The Hall–Kier alpha value is -2.99. The Kier molecular flexibility index (Phi) is 6.39. The molecule has 0 bridgehead atoms. The third kappa shape index (κ3) is 5.03. The number of carbonyl (C=O) groups is 2. The third-order valence-electron chi connectivity index (χ3n) is 5.35. The summed E-state index contributed by atoms with van der Waals surface area (Å²) in [5.74, 6) is -1.50. The topological polar surface area (TPSA) is 107 Å². The van der Waals surface area contributed by atoms with Crippen LogP contribution in [0.15, 0.2) is 40.0 Å². The first-order valence-corrected chi connectivity index (χ1v) is 12.0. The molecule has 0 saturated carbocycles. The number of aromatic nitrogens is 1. The van der Waals surface area contributed by atoms with E-state index in [4.69, 9.17) is 10.6 Å². The highest BCUT2D eigenvalue weighted by Gasteiger charge is 2.37. The van der Waals surface area contributed by atoms with E-state index in [1.54, 1.807) is 20.8 Å². The van der Waals surface area contributed by atoms with Crippen molar-refractivity contribution in [3.05, 3.63) is 56.5 Å². The second kappa shape index (κ2) is 8.90. The van der Waals surface area contributed by atoms with E-state index in [-0.39, 0.29) is 32.8 Å². The first-order chi connectivity index (χ1) is 16.3. The van der Waals surface area contributed by atoms with Crippen molar-refractivity contribution in [3.8, 4) is 0 Å². The van der Waals surface area contributed by atoms with Crippen LogP contribution in [-0.2, 0) is 21.2 Å². The zero-order valence-corrected chi connectivity index (χ0v) is 21.2. The third-order valence-corrected chi connectivity index (χ3v) is 6.94. The number of halogens is 4. The molecule has 184 valence electrons. The minimum atomic E-state index is -4.69. The molecule has 7 nitrogen and oxygen atoms in total. The summed E-state index contributed by atoms with van der Waals surface area (Å²) in [7, 11) is 0. The van der Waals surface area contributed by atoms with Crippen LogP contribution >= 0.6 is 27.3 Å². The number of oxime groups is 1. The van der Waals surface area contributed by atoms with E-state index in [2.05, 4.69) is 31.4 Å². The molecule has 3 heterocycles. The summed E-state index contributed by atoms with van der Waals surface area (Å²) in [5.41, 5.74) is 5.28. The summed E-state index contributed by atoms with van der Waals surface area (Å²) in [6.07, 6.45) is -5.52. The number of rotatable bonds is 4. The number of hydrogen-bond acceptors (Lipinski definition) is 6. The minimum Gasteiger partial charge on any atom is -0.382 e. The first-order valence-electron chi connectivity index (χ1n) is 10.4. The van der Waals surface area contributed by atoms with Gasteiger partial charge in [-0.15, -0.1) is 11.3 Å². The number of carbonyl (C=O) groups excluding carboxylic acids is 2. The molecule has 2 aromatic heterocycles. The van der Waals surface area contributed by atoms with E-state index in [1.807, 2.05) is 24.3 Å². The molecule has 0 saturated heterocycles. The van der Waals surface area contributed by atoms with Gasteiger partial charge in [-0.1, -0.05) is 54.0 Å². The molecule has 0 aliphatic carbocycles. The number of benzene rings is 1. The van der Waals surface area contributed by atoms with Crippen LogP contribution in [0.5, 0.6) is 0 Å². The molecular formula is C23H20BrF3N4O3S. The predicted molar refractivity (Wildman–Crippen MR) is 131 cm³/mol. The van der Waals surface area contributed by atoms with Gasteiger partial charge < -0.3 is 15.9 Å². The highest BCUT2D eigenvalue weighted by Crippen LogP contribution is 2.43. The average Bonchev–Trinajstić information content (AvgIpc) is 3.37. The molecule has 4 rings (SSSR count). The van der Waals surface area contributed by atoms with Crippen LogP contribution in [-0.4, -0.2) is 28.6 Å². The van der Waals surface area contributed by atoms with Crippen LogP contribution in [0, 0.1) is 0 Å². The summed E-state index contributed by atoms with van der Waals surface area (Å²) in [4.78, 5) is 34.2. The Balaban J connectivity index is 1.73. The molecule has 12 heteroatoms. The molecule has 1 aromatic carbocycles. The number of fused-ring (bicyclic) bond motifs is 1. The van der Waals surface area contributed by atoms with Gasteiger partial charge in [-0.25, -0.2) is 4.98 Å². The largest absolute Gasteiger partial charge is 0.433 e. The molecular weight excluding hydrogens is 549 g/mol. The van der Waals surface area contributed by atoms with E-state index < -0.39 is 35.2 Å². The summed E-state index contributed by atoms with van der Waals surface area (Å²) < 4.78 is 41.4. The van der Waals surface area contributed by atoms with Gasteiger partial charge in [-0.2, -0.15) is 13.2 Å². The number of hydrogen-bond donors (Lipinski definition) is 2. The molecule has 0 spiro atoms. The Bertz CT molecular complexity index is 1380. The van der Waals surface area contributed by atoms with Gasteiger partial charge >= 0.3 is 6.18 Å². The van der Waals surface area contributed by atoms with Gasteiger partial charge in [0.15, 0.2) is 0 Å². The van der Waals surface area contributed by atoms with Crippen molar-refractivity contribution in [2.24, 2.45) is 10.9 Å². The van der Waals surface area contributed by atoms with Crippen molar-refractivity contribution < 1.29 is 27.6 Å². The van der Waals surface area contributed by atoms with Crippen LogP contribution in [0.25, 0.3) is 10.2 Å². The van der Waals surface area contributed by atoms with Crippen molar-refractivity contribution >= 4 is 60.7 Å². The van der Waals surface area contributed by atoms with E-state index in [0.29, 0.717) is 17.0 Å². The van der Waals surface area contributed by atoms with Crippen molar-refractivity contribution in [1.82, 2.24) is 4.98 Å². The van der Waals surface area contributed by atoms with E-state index in [1.165, 1.54) is 0 Å². The number of alkyl halides is 3. The van der Waals surface area contributed by atoms with Crippen LogP contribution in [0.4, 0.5) is 18.9 Å². The van der Waals surface area contributed by atoms with Gasteiger partial charge in [0.2, 0.25) is 6.10 Å². The number of primary amides is 1. The van der Waals surface area contributed by atoms with Gasteiger partial charge in [-0.05, 0) is 29.2 Å². The SMILES string of the molecule is CC(C)(C)c1cc(C(F)(F)F)nc2sc(C(N)=O)c(NC(=O)C3CC(c4cccc(Br)c4)=NO3)c12. The van der Waals surface area contributed by atoms with Crippen LogP contribution in [0.3, 0.4) is 0 Å². The van der Waals surface area contributed by atoms with Gasteiger partial charge in [0.05, 0.1) is 11.4 Å². The Morgan fingerprint density at radius 1 is 1.23 bits per heavy atom. The molecule has 2 amide bonds. The monoisotopic (exact) mass is 568 g/mol. The van der Waals surface area contributed by atoms with Crippen LogP contribution < -0.4 is 11.1 Å². The lowest BCUT2D eigenvalue weighted by Gasteiger charge is -2.22. The fourth-order valence-corrected chi connectivity index (χ4v) is 5.09. The predicted octanol–water partition coefficient (Wildman–Crippen LogP) is 5.61. The number of amides is 2. The fraction of sp³-hybridized carbons (Fsp3) is 0.304. The summed E-state index contributed by atoms with van der Waals surface area (Å²) in [5, 5.41) is 6.90. The molecule has 1 aliphatic rings. The van der Waals surface area contributed by atoms with Gasteiger partial charge in [0.1, 0.15) is 15.4 Å². The highest BCUT2D eigenvalue weighted by atomic mass is 79.9. The second-order valence-corrected chi connectivity index (χ2v) is 10.9. The normalized spacial score (nSPS) is 16.2. The lowest BCUT2D eigenvalue weighted by molar-refractivity contribution is -0.141. The number of pyridine rings is 1. The summed E-state index contributed by atoms with van der Waals surface area (Å²) in [6.45, 7) is 5.19. The smallest absolute Gasteiger partial charge is 0.382 e.